The van der Waals surface area contributed by atoms with Crippen LogP contribution in [-0.4, -0.2) is 15.8 Å². The number of nitro groups is 2. The topological polar surface area (TPSA) is 140 Å². The molecule has 0 unspecified atom stereocenters. The molecule has 0 radical (unpaired) electrons. The van der Waals surface area contributed by atoms with Crippen LogP contribution in [-0.2, 0) is 4.79 Å². The van der Waals surface area contributed by atoms with Gasteiger partial charge in [0.25, 0.3) is 11.4 Å². The molecule has 0 heterocycles. The van der Waals surface area contributed by atoms with E-state index >= 15 is 0 Å². The van der Waals surface area contributed by atoms with Crippen LogP contribution in [0.2, 0.25) is 0 Å². The molecule has 2 rings (SSSR count). The van der Waals surface area contributed by atoms with E-state index in [1.54, 1.807) is 6.07 Å². The first-order chi connectivity index (χ1) is 11.9. The quantitative estimate of drug-likeness (QED) is 0.365. The molecule has 10 nitrogen and oxygen atoms in total. The first-order valence-corrected chi connectivity index (χ1v) is 6.79. The second kappa shape index (κ2) is 7.55. The molecule has 1 N–H and O–H groups in total. The second-order valence-electron chi connectivity index (χ2n) is 4.60. The Hall–Kier alpha value is -3.95. The lowest BCUT2D eigenvalue weighted by Gasteiger charge is -2.04. The number of azo groups is 1. The van der Waals surface area contributed by atoms with Crippen LogP contribution in [0.4, 0.5) is 28.4 Å². The van der Waals surface area contributed by atoms with E-state index in [0.717, 1.165) is 12.1 Å². The molecule has 0 spiro atoms. The maximum Gasteiger partial charge on any atom is 0.296 e. The van der Waals surface area contributed by atoms with Gasteiger partial charge in [0.05, 0.1) is 15.5 Å². The van der Waals surface area contributed by atoms with Crippen molar-refractivity contribution in [3.63, 3.8) is 0 Å². The summed E-state index contributed by atoms with van der Waals surface area (Å²) < 4.78 is 0. The molecule has 0 atom stereocenters. The average molecular weight is 341 g/mol. The van der Waals surface area contributed by atoms with Gasteiger partial charge in [0, 0.05) is 12.1 Å². The summed E-state index contributed by atoms with van der Waals surface area (Å²) in [5.74, 6) is -0.600. The number of carbonyl (C=O) groups is 1. The molecular formula is C15H11N5O5. The largest absolute Gasteiger partial charge is 0.317 e. The Balaban J connectivity index is 2.36. The van der Waals surface area contributed by atoms with Crippen LogP contribution in [0.5, 0.6) is 0 Å². The third-order valence-electron chi connectivity index (χ3n) is 2.97. The normalized spacial score (nSPS) is 10.4. The van der Waals surface area contributed by atoms with Crippen LogP contribution in [0.3, 0.4) is 0 Å². The summed E-state index contributed by atoms with van der Waals surface area (Å²) in [4.78, 5) is 32.0. The highest BCUT2D eigenvalue weighted by atomic mass is 16.6. The van der Waals surface area contributed by atoms with Gasteiger partial charge in [-0.1, -0.05) is 18.7 Å². The average Bonchev–Trinajstić information content (AvgIpc) is 2.60. The van der Waals surface area contributed by atoms with Crippen LogP contribution >= 0.6 is 0 Å². The summed E-state index contributed by atoms with van der Waals surface area (Å²) in [7, 11) is 0. The lowest BCUT2D eigenvalue weighted by atomic mass is 10.2. The van der Waals surface area contributed by atoms with Gasteiger partial charge < -0.3 is 5.32 Å². The Morgan fingerprint density at radius 3 is 2.36 bits per heavy atom. The number of nitrogens with zero attached hydrogens (tertiary/aromatic N) is 4. The fourth-order valence-electron chi connectivity index (χ4n) is 1.84. The molecule has 0 fully saturated rings. The fraction of sp³-hybridized carbons (Fsp3) is 0. The van der Waals surface area contributed by atoms with Crippen molar-refractivity contribution in [3.8, 4) is 0 Å². The Labute approximate surface area is 140 Å². The maximum absolute atomic E-state index is 11.3. The van der Waals surface area contributed by atoms with E-state index in [4.69, 9.17) is 0 Å². The number of hydrogen-bond donors (Lipinski definition) is 1. The summed E-state index contributed by atoms with van der Waals surface area (Å²) in [5.41, 5.74) is -0.551. The number of benzene rings is 2. The third-order valence-corrected chi connectivity index (χ3v) is 2.97. The van der Waals surface area contributed by atoms with Crippen molar-refractivity contribution in [1.29, 1.82) is 0 Å². The zero-order valence-electron chi connectivity index (χ0n) is 12.7. The van der Waals surface area contributed by atoms with E-state index in [-0.39, 0.29) is 22.7 Å². The number of hydrogen-bond acceptors (Lipinski definition) is 7. The lowest BCUT2D eigenvalue weighted by molar-refractivity contribution is -0.384. The highest BCUT2D eigenvalue weighted by Gasteiger charge is 2.16. The van der Waals surface area contributed by atoms with Crippen molar-refractivity contribution < 1.29 is 14.6 Å². The van der Waals surface area contributed by atoms with Crippen molar-refractivity contribution in [3.05, 3.63) is 75.3 Å². The molecule has 10 heteroatoms. The Morgan fingerprint density at radius 1 is 1.04 bits per heavy atom. The molecule has 0 saturated heterocycles. The number of rotatable bonds is 6. The summed E-state index contributed by atoms with van der Waals surface area (Å²) in [6.07, 6.45) is 0.978. The van der Waals surface area contributed by atoms with E-state index in [0.29, 0.717) is 0 Å². The van der Waals surface area contributed by atoms with E-state index in [9.17, 15) is 25.0 Å². The zero-order valence-corrected chi connectivity index (χ0v) is 12.7. The van der Waals surface area contributed by atoms with Crippen LogP contribution in [0.25, 0.3) is 0 Å². The predicted octanol–water partition coefficient (Wildman–Crippen LogP) is 4.04. The van der Waals surface area contributed by atoms with Gasteiger partial charge in [-0.3, -0.25) is 25.0 Å². The predicted molar refractivity (Wildman–Crippen MR) is 89.2 cm³/mol. The Morgan fingerprint density at radius 2 is 1.72 bits per heavy atom. The van der Waals surface area contributed by atoms with Crippen molar-refractivity contribution >= 4 is 34.3 Å². The molecule has 2 aromatic carbocycles. The number of para-hydroxylation sites is 1. The number of nitro benzene ring substituents is 2. The molecule has 0 aliphatic rings. The molecule has 0 aliphatic heterocycles. The third kappa shape index (κ3) is 4.28. The van der Waals surface area contributed by atoms with Crippen LogP contribution < -0.4 is 5.32 Å². The Kier molecular flexibility index (Phi) is 5.25. The molecular weight excluding hydrogens is 330 g/mol. The highest BCUT2D eigenvalue weighted by Crippen LogP contribution is 2.32. The highest BCUT2D eigenvalue weighted by molar-refractivity contribution is 6.00. The number of anilines is 1. The van der Waals surface area contributed by atoms with Gasteiger partial charge in [0.1, 0.15) is 5.69 Å². The maximum atomic E-state index is 11.3. The van der Waals surface area contributed by atoms with Gasteiger partial charge in [-0.2, -0.15) is 5.11 Å². The van der Waals surface area contributed by atoms with Gasteiger partial charge >= 0.3 is 0 Å². The van der Waals surface area contributed by atoms with Crippen LogP contribution in [0.15, 0.2) is 65.3 Å². The Bertz CT molecular complexity index is 894. The molecule has 0 saturated carbocycles. The van der Waals surface area contributed by atoms with Crippen molar-refractivity contribution in [2.24, 2.45) is 10.2 Å². The van der Waals surface area contributed by atoms with Gasteiger partial charge in [-0.05, 0) is 24.3 Å². The van der Waals surface area contributed by atoms with Crippen molar-refractivity contribution in [1.82, 2.24) is 0 Å². The van der Waals surface area contributed by atoms with Crippen LogP contribution in [0.1, 0.15) is 0 Å². The SMILES string of the molecule is C=CC(=O)Nc1ccc(N=Nc2ccccc2[N+](=O)[O-])cc1[N+](=O)[O-]. The summed E-state index contributed by atoms with van der Waals surface area (Å²) in [5, 5.41) is 31.9. The first-order valence-electron chi connectivity index (χ1n) is 6.79. The minimum atomic E-state index is -0.692. The van der Waals surface area contributed by atoms with E-state index in [2.05, 4.69) is 22.1 Å². The van der Waals surface area contributed by atoms with E-state index in [1.807, 2.05) is 0 Å². The number of nitrogens with one attached hydrogen (secondary N) is 1. The second-order valence-corrected chi connectivity index (χ2v) is 4.60. The van der Waals surface area contributed by atoms with E-state index in [1.165, 1.54) is 30.3 Å². The smallest absolute Gasteiger partial charge is 0.296 e. The first kappa shape index (κ1) is 17.4. The van der Waals surface area contributed by atoms with Gasteiger partial charge in [0.2, 0.25) is 5.91 Å². The van der Waals surface area contributed by atoms with E-state index < -0.39 is 21.4 Å². The molecule has 0 bridgehead atoms. The molecule has 1 amide bonds. The summed E-state index contributed by atoms with van der Waals surface area (Å²) in [6.45, 7) is 3.26. The monoisotopic (exact) mass is 341 g/mol. The minimum absolute atomic E-state index is 0.0131. The van der Waals surface area contributed by atoms with Gasteiger partial charge in [0.15, 0.2) is 5.69 Å². The van der Waals surface area contributed by atoms with Crippen molar-refractivity contribution in [2.75, 3.05) is 5.32 Å². The summed E-state index contributed by atoms with van der Waals surface area (Å²) >= 11 is 0. The molecule has 0 aliphatic carbocycles. The number of amides is 1. The van der Waals surface area contributed by atoms with Gasteiger partial charge in [-0.25, -0.2) is 0 Å². The molecule has 25 heavy (non-hydrogen) atoms. The zero-order chi connectivity index (χ0) is 18.4. The summed E-state index contributed by atoms with van der Waals surface area (Å²) in [6, 6.07) is 9.46. The van der Waals surface area contributed by atoms with Gasteiger partial charge in [-0.15, -0.1) is 5.11 Å². The minimum Gasteiger partial charge on any atom is -0.317 e. The fourth-order valence-corrected chi connectivity index (χ4v) is 1.84. The molecule has 0 aromatic heterocycles. The van der Waals surface area contributed by atoms with Crippen LogP contribution in [0, 0.1) is 20.2 Å². The molecule has 2 aromatic rings. The standard InChI is InChI=1S/C15H11N5O5/c1-2-15(21)16-11-8-7-10(9-14(11)20(24)25)17-18-12-5-3-4-6-13(12)19(22)23/h2-9H,1H2,(H,16,21). The van der Waals surface area contributed by atoms with Crippen molar-refractivity contribution in [2.45, 2.75) is 0 Å². The lowest BCUT2D eigenvalue weighted by Crippen LogP contribution is -2.09. The number of carbonyl (C=O) groups excluding carboxylic acids is 1. The molecule has 126 valence electrons.